The lowest BCUT2D eigenvalue weighted by Gasteiger charge is -2.49. The number of nitrogens with zero attached hydrogens (tertiary/aromatic N) is 1. The van der Waals surface area contributed by atoms with Crippen molar-refractivity contribution in [2.24, 2.45) is 5.41 Å². The summed E-state index contributed by atoms with van der Waals surface area (Å²) in [6, 6.07) is 0.324. The van der Waals surface area contributed by atoms with Crippen LogP contribution < -0.4 is 16.0 Å². The number of rotatable bonds is 6. The molecule has 1 unspecified atom stereocenters. The summed E-state index contributed by atoms with van der Waals surface area (Å²) in [6.07, 6.45) is 5.50. The molecule has 0 aromatic rings. The summed E-state index contributed by atoms with van der Waals surface area (Å²) in [5.41, 5.74) is -1.17. The summed E-state index contributed by atoms with van der Waals surface area (Å²) in [7, 11) is 3.66. The molecule has 0 radical (unpaired) electrons. The van der Waals surface area contributed by atoms with E-state index in [0.29, 0.717) is 12.6 Å². The third kappa shape index (κ3) is 2.75. The van der Waals surface area contributed by atoms with Crippen LogP contribution in [0.15, 0.2) is 0 Å². The van der Waals surface area contributed by atoms with Gasteiger partial charge in [-0.05, 0) is 58.5 Å². The van der Waals surface area contributed by atoms with Crippen molar-refractivity contribution in [3.05, 3.63) is 0 Å². The van der Waals surface area contributed by atoms with Crippen LogP contribution in [0, 0.1) is 5.41 Å². The van der Waals surface area contributed by atoms with E-state index in [-0.39, 0.29) is 29.1 Å². The fourth-order valence-electron chi connectivity index (χ4n) is 5.38. The first-order valence-corrected chi connectivity index (χ1v) is 9.98. The van der Waals surface area contributed by atoms with Gasteiger partial charge in [-0.15, -0.1) is 0 Å². The van der Waals surface area contributed by atoms with E-state index in [1.165, 1.54) is 0 Å². The highest BCUT2D eigenvalue weighted by molar-refractivity contribution is 5.87. The zero-order valence-corrected chi connectivity index (χ0v) is 16.2. The summed E-state index contributed by atoms with van der Waals surface area (Å²) in [5, 5.41) is 9.79. The molecule has 5 aliphatic rings. The first kappa shape index (κ1) is 18.2. The SMILES string of the molecule is CC(NC1CC1)C(=O)NCC12CC(C(=O)N(C)C)(C1)C1(CCNCC1)O2. The van der Waals surface area contributed by atoms with Gasteiger partial charge in [0.2, 0.25) is 11.8 Å². The number of carbonyl (C=O) groups excluding carboxylic acids is 2. The molecule has 7 nitrogen and oxygen atoms in total. The normalized spacial score (nSPS) is 35.7. The second-order valence-corrected chi connectivity index (χ2v) is 9.05. The van der Waals surface area contributed by atoms with Gasteiger partial charge in [0, 0.05) is 26.7 Å². The first-order chi connectivity index (χ1) is 12.3. The molecule has 7 heteroatoms. The summed E-state index contributed by atoms with van der Waals surface area (Å²) in [5.74, 6) is 0.209. The Balaban J connectivity index is 1.43. The topological polar surface area (TPSA) is 82.7 Å². The van der Waals surface area contributed by atoms with Gasteiger partial charge in [0.15, 0.2) is 0 Å². The minimum atomic E-state index is -0.415. The summed E-state index contributed by atoms with van der Waals surface area (Å²) < 4.78 is 6.63. The minimum absolute atomic E-state index is 0.0255. The molecule has 3 saturated heterocycles. The number of ether oxygens (including phenoxy) is 1. The van der Waals surface area contributed by atoms with Crippen molar-refractivity contribution in [2.45, 2.75) is 68.7 Å². The van der Waals surface area contributed by atoms with E-state index in [4.69, 9.17) is 4.74 Å². The van der Waals surface area contributed by atoms with Gasteiger partial charge in [0.25, 0.3) is 0 Å². The van der Waals surface area contributed by atoms with E-state index in [1.807, 2.05) is 21.0 Å². The second-order valence-electron chi connectivity index (χ2n) is 9.05. The van der Waals surface area contributed by atoms with Crippen LogP contribution in [0.4, 0.5) is 0 Å². The lowest BCUT2D eigenvalue weighted by Crippen LogP contribution is -2.61. The number of nitrogens with one attached hydrogen (secondary N) is 3. The molecule has 0 aromatic heterocycles. The maximum Gasteiger partial charge on any atom is 0.236 e. The predicted molar refractivity (Wildman–Crippen MR) is 97.6 cm³/mol. The average Bonchev–Trinajstić information content (AvgIpc) is 3.31. The van der Waals surface area contributed by atoms with Crippen molar-refractivity contribution in [2.75, 3.05) is 33.7 Å². The molecule has 3 aliphatic heterocycles. The molecule has 1 atom stereocenters. The summed E-state index contributed by atoms with van der Waals surface area (Å²) in [4.78, 5) is 27.1. The second kappa shape index (κ2) is 6.17. The van der Waals surface area contributed by atoms with Crippen LogP contribution in [-0.2, 0) is 14.3 Å². The Morgan fingerprint density at radius 3 is 2.46 bits per heavy atom. The van der Waals surface area contributed by atoms with E-state index in [1.54, 1.807) is 4.90 Å². The van der Waals surface area contributed by atoms with Crippen LogP contribution in [-0.4, -0.2) is 73.7 Å². The molecule has 2 aliphatic carbocycles. The van der Waals surface area contributed by atoms with Gasteiger partial charge in [-0.3, -0.25) is 9.59 Å². The largest absolute Gasteiger partial charge is 0.365 e. The molecular weight excluding hydrogens is 332 g/mol. The average molecular weight is 364 g/mol. The van der Waals surface area contributed by atoms with E-state index in [0.717, 1.165) is 51.6 Å². The zero-order chi connectivity index (χ0) is 18.6. The number of piperidine rings is 1. The Labute approximate surface area is 155 Å². The van der Waals surface area contributed by atoms with Crippen molar-refractivity contribution in [3.8, 4) is 0 Å². The number of hydrogen-bond acceptors (Lipinski definition) is 5. The van der Waals surface area contributed by atoms with E-state index in [9.17, 15) is 9.59 Å². The Morgan fingerprint density at radius 2 is 1.88 bits per heavy atom. The lowest BCUT2D eigenvalue weighted by atomic mass is 9.53. The minimum Gasteiger partial charge on any atom is -0.365 e. The molecule has 2 amide bonds. The number of amides is 2. The molecule has 146 valence electrons. The quantitative estimate of drug-likeness (QED) is 0.618. The molecule has 0 aromatic carbocycles. The molecular formula is C19H32N4O3. The van der Waals surface area contributed by atoms with Gasteiger partial charge >= 0.3 is 0 Å². The van der Waals surface area contributed by atoms with Crippen LogP contribution in [0.25, 0.3) is 0 Å². The first-order valence-electron chi connectivity index (χ1n) is 9.98. The molecule has 3 N–H and O–H groups in total. The highest BCUT2D eigenvalue weighted by Gasteiger charge is 2.77. The Morgan fingerprint density at radius 1 is 1.23 bits per heavy atom. The molecule has 5 rings (SSSR count). The predicted octanol–water partition coefficient (Wildman–Crippen LogP) is 0.00270. The summed E-state index contributed by atoms with van der Waals surface area (Å²) >= 11 is 0. The Kier molecular flexibility index (Phi) is 4.32. The van der Waals surface area contributed by atoms with Gasteiger partial charge in [0.1, 0.15) is 0 Å². The van der Waals surface area contributed by atoms with Gasteiger partial charge in [0.05, 0.1) is 22.7 Å². The smallest absolute Gasteiger partial charge is 0.236 e. The van der Waals surface area contributed by atoms with Crippen molar-refractivity contribution in [1.29, 1.82) is 0 Å². The van der Waals surface area contributed by atoms with Gasteiger partial charge in [-0.25, -0.2) is 0 Å². The molecule has 3 heterocycles. The monoisotopic (exact) mass is 364 g/mol. The zero-order valence-electron chi connectivity index (χ0n) is 16.2. The number of hydrogen-bond donors (Lipinski definition) is 3. The van der Waals surface area contributed by atoms with Crippen molar-refractivity contribution in [1.82, 2.24) is 20.9 Å². The van der Waals surface area contributed by atoms with E-state index >= 15 is 0 Å². The Bertz CT molecular complexity index is 590. The molecule has 5 fully saturated rings. The van der Waals surface area contributed by atoms with Crippen LogP contribution in [0.1, 0.15) is 45.4 Å². The molecule has 26 heavy (non-hydrogen) atoms. The molecule has 2 saturated carbocycles. The Hall–Kier alpha value is -1.18. The van der Waals surface area contributed by atoms with Gasteiger partial charge in [-0.1, -0.05) is 0 Å². The van der Waals surface area contributed by atoms with Crippen LogP contribution in [0.5, 0.6) is 0 Å². The van der Waals surface area contributed by atoms with Gasteiger partial charge < -0.3 is 25.6 Å². The fourth-order valence-corrected chi connectivity index (χ4v) is 5.38. The summed E-state index contributed by atoms with van der Waals surface area (Å²) in [6.45, 7) is 4.18. The molecule has 2 bridgehead atoms. The van der Waals surface area contributed by atoms with Crippen molar-refractivity contribution in [3.63, 3.8) is 0 Å². The fraction of sp³-hybridized carbons (Fsp3) is 0.895. The van der Waals surface area contributed by atoms with E-state index in [2.05, 4.69) is 16.0 Å². The van der Waals surface area contributed by atoms with Gasteiger partial charge in [-0.2, -0.15) is 0 Å². The highest BCUT2D eigenvalue weighted by Crippen LogP contribution is 2.69. The third-order valence-corrected chi connectivity index (χ3v) is 6.80. The van der Waals surface area contributed by atoms with Crippen LogP contribution in [0.2, 0.25) is 0 Å². The standard InChI is InChI=1S/C19H32N4O3/c1-13(22-14-4-5-14)15(24)21-12-17-10-18(11-17,16(25)23(2)3)19(26-17)6-8-20-9-7-19/h13-14,20,22H,4-12H2,1-3H3,(H,21,24). The third-order valence-electron chi connectivity index (χ3n) is 6.80. The van der Waals surface area contributed by atoms with Crippen LogP contribution >= 0.6 is 0 Å². The lowest BCUT2D eigenvalue weighted by molar-refractivity contribution is -0.149. The van der Waals surface area contributed by atoms with Crippen LogP contribution in [0.3, 0.4) is 0 Å². The van der Waals surface area contributed by atoms with Crippen molar-refractivity contribution < 1.29 is 14.3 Å². The number of carbonyl (C=O) groups is 2. The van der Waals surface area contributed by atoms with E-state index < -0.39 is 5.41 Å². The maximum absolute atomic E-state index is 13.0. The molecule has 1 spiro atoms. The maximum atomic E-state index is 13.0. The highest BCUT2D eigenvalue weighted by atomic mass is 16.5. The van der Waals surface area contributed by atoms with Crippen molar-refractivity contribution >= 4 is 11.8 Å².